The van der Waals surface area contributed by atoms with Crippen molar-refractivity contribution in [2.75, 3.05) is 30.1 Å². The fourth-order valence-corrected chi connectivity index (χ4v) is 4.94. The molecule has 2 atom stereocenters. The van der Waals surface area contributed by atoms with E-state index in [-0.39, 0.29) is 6.79 Å². The van der Waals surface area contributed by atoms with Gasteiger partial charge in [0.15, 0.2) is 17.3 Å². The summed E-state index contributed by atoms with van der Waals surface area (Å²) in [6.07, 6.45) is 5.46. The molecule has 3 aromatic heterocycles. The van der Waals surface area contributed by atoms with Gasteiger partial charge < -0.3 is 24.7 Å². The van der Waals surface area contributed by atoms with Gasteiger partial charge in [-0.25, -0.2) is 15.0 Å². The van der Waals surface area contributed by atoms with Gasteiger partial charge in [0.2, 0.25) is 12.7 Å². The number of H-pyrrole nitrogens is 2. The van der Waals surface area contributed by atoms with Gasteiger partial charge in [0, 0.05) is 31.7 Å². The van der Waals surface area contributed by atoms with Gasteiger partial charge in [0.1, 0.15) is 11.5 Å². The molecule has 11 heteroatoms. The van der Waals surface area contributed by atoms with Gasteiger partial charge >= 0.3 is 0 Å². The molecule has 4 aromatic rings. The minimum Gasteiger partial charge on any atom is -0.454 e. The van der Waals surface area contributed by atoms with Crippen LogP contribution in [0.4, 0.5) is 11.8 Å². The molecule has 1 saturated heterocycles. The van der Waals surface area contributed by atoms with Gasteiger partial charge in [0.05, 0.1) is 18.1 Å². The van der Waals surface area contributed by atoms with Crippen molar-refractivity contribution in [2.24, 2.45) is 11.8 Å². The quantitative estimate of drug-likeness (QED) is 0.410. The maximum atomic E-state index is 5.44. The standard InChI is InChI=1S/C22H21N9O2/c1-2-17-18(33-11-32-17)5-12(1)6-25-22-23-4-3-15(27-22)21-24-8-19(28-21)31-9-13-14(10-31)20(13)16-7-26-30-29-16/h1-5,7-8,13-14,20H,6,9-11H2,(H,24,28)(H,23,25,27)(H,26,29,30). The molecular weight excluding hydrogens is 422 g/mol. The third-order valence-corrected chi connectivity index (χ3v) is 6.66. The number of aromatic nitrogens is 7. The van der Waals surface area contributed by atoms with Crippen molar-refractivity contribution in [3.63, 3.8) is 0 Å². The molecular formula is C22H21N9O2. The predicted molar refractivity (Wildman–Crippen MR) is 118 cm³/mol. The van der Waals surface area contributed by atoms with Crippen molar-refractivity contribution in [2.45, 2.75) is 12.5 Å². The molecule has 0 bridgehead atoms. The van der Waals surface area contributed by atoms with Gasteiger partial charge in [-0.05, 0) is 35.6 Å². The molecule has 1 aliphatic carbocycles. The Morgan fingerprint density at radius 1 is 1.06 bits per heavy atom. The lowest BCUT2D eigenvalue weighted by molar-refractivity contribution is 0.174. The first-order chi connectivity index (χ1) is 16.3. The second-order valence-corrected chi connectivity index (χ2v) is 8.58. The average molecular weight is 443 g/mol. The zero-order valence-electron chi connectivity index (χ0n) is 17.6. The molecule has 2 aliphatic heterocycles. The number of piperidine rings is 1. The van der Waals surface area contributed by atoms with E-state index in [1.165, 1.54) is 0 Å². The third-order valence-electron chi connectivity index (χ3n) is 6.66. The van der Waals surface area contributed by atoms with Crippen LogP contribution < -0.4 is 19.7 Å². The van der Waals surface area contributed by atoms with Crippen LogP contribution in [0.2, 0.25) is 0 Å². The van der Waals surface area contributed by atoms with Crippen molar-refractivity contribution in [3.8, 4) is 23.0 Å². The highest BCUT2D eigenvalue weighted by molar-refractivity contribution is 5.56. The number of rotatable bonds is 6. The van der Waals surface area contributed by atoms with Crippen LogP contribution in [-0.4, -0.2) is 55.2 Å². The molecule has 11 nitrogen and oxygen atoms in total. The molecule has 33 heavy (non-hydrogen) atoms. The lowest BCUT2D eigenvalue weighted by Gasteiger charge is -2.19. The molecule has 5 heterocycles. The molecule has 3 N–H and O–H groups in total. The molecule has 3 aliphatic rings. The Kier molecular flexibility index (Phi) is 4.01. The molecule has 2 unspecified atom stereocenters. The van der Waals surface area contributed by atoms with Crippen LogP contribution in [-0.2, 0) is 6.54 Å². The van der Waals surface area contributed by atoms with Crippen LogP contribution in [0.1, 0.15) is 17.2 Å². The molecule has 1 saturated carbocycles. The van der Waals surface area contributed by atoms with Crippen molar-refractivity contribution in [3.05, 3.63) is 54.1 Å². The second-order valence-electron chi connectivity index (χ2n) is 8.58. The van der Waals surface area contributed by atoms with Crippen LogP contribution >= 0.6 is 0 Å². The Hall–Kier alpha value is -4.15. The largest absolute Gasteiger partial charge is 0.454 e. The van der Waals surface area contributed by atoms with E-state index in [1.807, 2.05) is 36.7 Å². The highest BCUT2D eigenvalue weighted by Crippen LogP contribution is 2.57. The Morgan fingerprint density at radius 2 is 1.97 bits per heavy atom. The number of anilines is 2. The molecule has 0 radical (unpaired) electrons. The van der Waals surface area contributed by atoms with Crippen LogP contribution in [0.15, 0.2) is 42.9 Å². The van der Waals surface area contributed by atoms with E-state index in [1.54, 1.807) is 6.20 Å². The molecule has 0 amide bonds. The summed E-state index contributed by atoms with van der Waals surface area (Å²) >= 11 is 0. The van der Waals surface area contributed by atoms with E-state index >= 15 is 0 Å². The summed E-state index contributed by atoms with van der Waals surface area (Å²) < 4.78 is 10.8. The third kappa shape index (κ3) is 3.23. The Labute approximate surface area is 188 Å². The number of fused-ring (bicyclic) bond motifs is 2. The van der Waals surface area contributed by atoms with Gasteiger partial charge in [-0.15, -0.1) is 0 Å². The fraction of sp³-hybridized carbons (Fsp3) is 0.318. The van der Waals surface area contributed by atoms with Gasteiger partial charge in [-0.1, -0.05) is 6.07 Å². The zero-order valence-corrected chi connectivity index (χ0v) is 17.6. The van der Waals surface area contributed by atoms with Crippen LogP contribution in [0.3, 0.4) is 0 Å². The van der Waals surface area contributed by atoms with E-state index < -0.39 is 0 Å². The van der Waals surface area contributed by atoms with E-state index in [2.05, 4.69) is 45.6 Å². The first-order valence-corrected chi connectivity index (χ1v) is 10.9. The Balaban J connectivity index is 1.01. The highest BCUT2D eigenvalue weighted by atomic mass is 16.7. The second kappa shape index (κ2) is 7.19. The summed E-state index contributed by atoms with van der Waals surface area (Å²) in [5, 5.41) is 14.2. The maximum absolute atomic E-state index is 5.44. The number of aromatic amines is 2. The normalized spacial score (nSPS) is 22.4. The minimum absolute atomic E-state index is 0.267. The topological polar surface area (TPSA) is 130 Å². The van der Waals surface area contributed by atoms with Crippen molar-refractivity contribution in [1.29, 1.82) is 0 Å². The first-order valence-electron chi connectivity index (χ1n) is 10.9. The first kappa shape index (κ1) is 18.4. The number of hydrogen-bond donors (Lipinski definition) is 3. The Bertz CT molecular complexity index is 1290. The number of nitrogens with zero attached hydrogens (tertiary/aromatic N) is 6. The van der Waals surface area contributed by atoms with E-state index in [9.17, 15) is 0 Å². The van der Waals surface area contributed by atoms with E-state index in [0.29, 0.717) is 30.2 Å². The lowest BCUT2D eigenvalue weighted by atomic mass is 10.2. The molecule has 2 fully saturated rings. The minimum atomic E-state index is 0.267. The maximum Gasteiger partial charge on any atom is 0.231 e. The summed E-state index contributed by atoms with van der Waals surface area (Å²) in [6.45, 7) is 2.84. The van der Waals surface area contributed by atoms with Crippen LogP contribution in [0.5, 0.6) is 11.5 Å². The molecule has 0 spiro atoms. The summed E-state index contributed by atoms with van der Waals surface area (Å²) in [5.41, 5.74) is 2.89. The van der Waals surface area contributed by atoms with Gasteiger partial charge in [0.25, 0.3) is 0 Å². The monoisotopic (exact) mass is 443 g/mol. The lowest BCUT2D eigenvalue weighted by Crippen LogP contribution is -2.23. The van der Waals surface area contributed by atoms with E-state index in [0.717, 1.165) is 53.2 Å². The number of benzene rings is 1. The van der Waals surface area contributed by atoms with Crippen LogP contribution in [0, 0.1) is 11.8 Å². The predicted octanol–water partition coefficient (Wildman–Crippen LogP) is 2.18. The zero-order chi connectivity index (χ0) is 21.8. The molecule has 166 valence electrons. The molecule has 7 rings (SSSR count). The van der Waals surface area contributed by atoms with Crippen LogP contribution in [0.25, 0.3) is 11.5 Å². The summed E-state index contributed by atoms with van der Waals surface area (Å²) in [7, 11) is 0. The Morgan fingerprint density at radius 3 is 2.85 bits per heavy atom. The van der Waals surface area contributed by atoms with Crippen molar-refractivity contribution >= 4 is 11.8 Å². The van der Waals surface area contributed by atoms with Crippen molar-refractivity contribution in [1.82, 2.24) is 35.3 Å². The summed E-state index contributed by atoms with van der Waals surface area (Å²) in [4.78, 5) is 19.3. The molecule has 1 aromatic carbocycles. The highest BCUT2D eigenvalue weighted by Gasteiger charge is 2.57. The van der Waals surface area contributed by atoms with Crippen molar-refractivity contribution < 1.29 is 9.47 Å². The summed E-state index contributed by atoms with van der Waals surface area (Å²) in [6, 6.07) is 7.73. The SMILES string of the molecule is c1cc(-c2ncc(N3CC4C(C3)C4c3cn[nH]n3)[nH]2)nc(NCc2ccc3c(c2)OCO3)n1. The van der Waals surface area contributed by atoms with E-state index in [4.69, 9.17) is 9.47 Å². The average Bonchev–Trinajstić information content (AvgIpc) is 3.50. The van der Waals surface area contributed by atoms with Gasteiger partial charge in [-0.3, -0.25) is 0 Å². The summed E-state index contributed by atoms with van der Waals surface area (Å²) in [5.74, 6) is 5.62. The number of imidazole rings is 1. The smallest absolute Gasteiger partial charge is 0.231 e. The fourth-order valence-electron chi connectivity index (χ4n) is 4.94. The number of ether oxygens (including phenoxy) is 2. The number of hydrogen-bond acceptors (Lipinski definition) is 9. The van der Waals surface area contributed by atoms with Gasteiger partial charge in [-0.2, -0.15) is 15.4 Å². The number of nitrogens with one attached hydrogen (secondary N) is 3.